The lowest BCUT2D eigenvalue weighted by Crippen LogP contribution is -2.51. The standard InChI is InChI=1S/C23H28N2O4S/c26-21(25-27)23(11-10-22(17-23)12-14-24-15-13-22)30(28,29)20-8-6-19(7-9-20)16-18-4-2-1-3-5-18/h1-9,24,27H,10-17H2,(H,25,26). The number of nitrogens with one attached hydrogen (secondary N) is 2. The van der Waals surface area contributed by atoms with Gasteiger partial charge in [0.25, 0.3) is 5.91 Å². The Balaban J connectivity index is 1.63. The average molecular weight is 429 g/mol. The second-order valence-corrected chi connectivity index (χ2v) is 10.9. The molecule has 1 heterocycles. The van der Waals surface area contributed by atoms with E-state index in [0.29, 0.717) is 12.8 Å². The summed E-state index contributed by atoms with van der Waals surface area (Å²) >= 11 is 0. The summed E-state index contributed by atoms with van der Waals surface area (Å²) in [4.78, 5) is 12.9. The van der Waals surface area contributed by atoms with E-state index in [9.17, 15) is 18.4 Å². The van der Waals surface area contributed by atoms with Gasteiger partial charge in [0.15, 0.2) is 14.6 Å². The summed E-state index contributed by atoms with van der Waals surface area (Å²) in [5, 5.41) is 12.7. The maximum absolute atomic E-state index is 13.7. The molecular weight excluding hydrogens is 400 g/mol. The molecule has 3 N–H and O–H groups in total. The zero-order chi connectivity index (χ0) is 21.2. The molecule has 1 amide bonds. The lowest BCUT2D eigenvalue weighted by molar-refractivity contribution is -0.132. The van der Waals surface area contributed by atoms with Crippen molar-refractivity contribution >= 4 is 15.7 Å². The highest BCUT2D eigenvalue weighted by Crippen LogP contribution is 2.54. The smallest absolute Gasteiger partial charge is 0.265 e. The van der Waals surface area contributed by atoms with Crippen molar-refractivity contribution < 1.29 is 18.4 Å². The van der Waals surface area contributed by atoms with Gasteiger partial charge in [-0.3, -0.25) is 10.0 Å². The highest BCUT2D eigenvalue weighted by molar-refractivity contribution is 7.93. The van der Waals surface area contributed by atoms with E-state index in [1.54, 1.807) is 29.7 Å². The Morgan fingerprint density at radius 3 is 2.20 bits per heavy atom. The maximum Gasteiger partial charge on any atom is 0.265 e. The van der Waals surface area contributed by atoms with Crippen molar-refractivity contribution in [1.29, 1.82) is 0 Å². The molecule has 1 spiro atoms. The van der Waals surface area contributed by atoms with Gasteiger partial charge in [-0.25, -0.2) is 13.9 Å². The van der Waals surface area contributed by atoms with Gasteiger partial charge in [0.05, 0.1) is 4.90 Å². The van der Waals surface area contributed by atoms with E-state index in [1.807, 2.05) is 30.3 Å². The van der Waals surface area contributed by atoms with Crippen LogP contribution in [0, 0.1) is 5.41 Å². The number of hydrogen-bond donors (Lipinski definition) is 3. The quantitative estimate of drug-likeness (QED) is 0.503. The fraction of sp³-hybridized carbons (Fsp3) is 0.435. The van der Waals surface area contributed by atoms with Crippen LogP contribution in [0.1, 0.15) is 43.2 Å². The number of carbonyl (C=O) groups excluding carboxylic acids is 1. The van der Waals surface area contributed by atoms with E-state index in [-0.39, 0.29) is 23.2 Å². The van der Waals surface area contributed by atoms with Gasteiger partial charge in [0.2, 0.25) is 0 Å². The number of rotatable bonds is 5. The van der Waals surface area contributed by atoms with Crippen molar-refractivity contribution in [2.45, 2.75) is 48.2 Å². The maximum atomic E-state index is 13.7. The van der Waals surface area contributed by atoms with Crippen molar-refractivity contribution in [3.8, 4) is 0 Å². The highest BCUT2D eigenvalue weighted by Gasteiger charge is 2.60. The Morgan fingerprint density at radius 1 is 0.933 bits per heavy atom. The lowest BCUT2D eigenvalue weighted by Gasteiger charge is -2.36. The van der Waals surface area contributed by atoms with Crippen LogP contribution < -0.4 is 10.8 Å². The first-order valence-electron chi connectivity index (χ1n) is 10.4. The van der Waals surface area contributed by atoms with E-state index in [4.69, 9.17) is 0 Å². The fourth-order valence-electron chi connectivity index (χ4n) is 5.12. The third-order valence-electron chi connectivity index (χ3n) is 6.90. The van der Waals surface area contributed by atoms with Crippen LogP contribution >= 0.6 is 0 Å². The number of benzene rings is 2. The second kappa shape index (κ2) is 8.13. The third kappa shape index (κ3) is 3.66. The number of hydroxylamine groups is 1. The predicted octanol–water partition coefficient (Wildman–Crippen LogP) is 2.85. The topological polar surface area (TPSA) is 95.5 Å². The molecule has 2 fully saturated rings. The van der Waals surface area contributed by atoms with E-state index in [1.165, 1.54) is 0 Å². The van der Waals surface area contributed by atoms with Gasteiger partial charge in [-0.2, -0.15) is 0 Å². The first kappa shape index (κ1) is 21.0. The Bertz CT molecular complexity index is 999. The summed E-state index contributed by atoms with van der Waals surface area (Å²) in [6.07, 6.45) is 3.56. The van der Waals surface area contributed by atoms with Gasteiger partial charge in [-0.05, 0) is 80.3 Å². The van der Waals surface area contributed by atoms with Gasteiger partial charge in [-0.1, -0.05) is 42.5 Å². The molecule has 1 aliphatic carbocycles. The summed E-state index contributed by atoms with van der Waals surface area (Å²) in [5.74, 6) is -0.814. The molecule has 6 nitrogen and oxygen atoms in total. The largest absolute Gasteiger partial charge is 0.317 e. The summed E-state index contributed by atoms with van der Waals surface area (Å²) in [6.45, 7) is 1.65. The van der Waals surface area contributed by atoms with Crippen molar-refractivity contribution in [3.63, 3.8) is 0 Å². The summed E-state index contributed by atoms with van der Waals surface area (Å²) in [6, 6.07) is 16.8. The Morgan fingerprint density at radius 2 is 1.57 bits per heavy atom. The van der Waals surface area contributed by atoms with Crippen molar-refractivity contribution in [3.05, 3.63) is 65.7 Å². The van der Waals surface area contributed by atoms with Crippen molar-refractivity contribution in [2.75, 3.05) is 13.1 Å². The van der Waals surface area contributed by atoms with Gasteiger partial charge in [-0.15, -0.1) is 0 Å². The number of carbonyl (C=O) groups is 1. The Labute approximate surface area is 177 Å². The molecule has 2 aliphatic rings. The molecule has 0 radical (unpaired) electrons. The van der Waals surface area contributed by atoms with E-state index in [2.05, 4.69) is 5.32 Å². The van der Waals surface area contributed by atoms with E-state index in [0.717, 1.165) is 37.1 Å². The highest BCUT2D eigenvalue weighted by atomic mass is 32.2. The number of amides is 1. The molecule has 160 valence electrons. The summed E-state index contributed by atoms with van der Waals surface area (Å²) in [7, 11) is -3.97. The van der Waals surface area contributed by atoms with Crippen LogP contribution in [0.4, 0.5) is 0 Å². The van der Waals surface area contributed by atoms with Crippen LogP contribution in [0.15, 0.2) is 59.5 Å². The van der Waals surface area contributed by atoms with Gasteiger partial charge < -0.3 is 5.32 Å². The van der Waals surface area contributed by atoms with Crippen molar-refractivity contribution in [1.82, 2.24) is 10.8 Å². The number of sulfone groups is 1. The van der Waals surface area contributed by atoms with Gasteiger partial charge >= 0.3 is 0 Å². The molecule has 7 heteroatoms. The molecule has 1 aliphatic heterocycles. The second-order valence-electron chi connectivity index (χ2n) is 8.67. The molecule has 30 heavy (non-hydrogen) atoms. The zero-order valence-corrected chi connectivity index (χ0v) is 17.7. The van der Waals surface area contributed by atoms with Crippen LogP contribution in [0.3, 0.4) is 0 Å². The summed E-state index contributed by atoms with van der Waals surface area (Å²) < 4.78 is 25.7. The van der Waals surface area contributed by atoms with Crippen LogP contribution in [-0.2, 0) is 21.1 Å². The number of hydrogen-bond acceptors (Lipinski definition) is 5. The molecule has 0 aromatic heterocycles. The number of piperidine rings is 1. The van der Waals surface area contributed by atoms with Crippen LogP contribution in [0.5, 0.6) is 0 Å². The molecule has 1 saturated heterocycles. The minimum absolute atomic E-state index is 0.133. The Hall–Kier alpha value is -2.22. The zero-order valence-electron chi connectivity index (χ0n) is 16.9. The minimum atomic E-state index is -3.97. The third-order valence-corrected chi connectivity index (χ3v) is 9.35. The molecule has 4 rings (SSSR count). The average Bonchev–Trinajstić information content (AvgIpc) is 3.15. The van der Waals surface area contributed by atoms with Crippen LogP contribution in [0.2, 0.25) is 0 Å². The molecule has 2 aromatic rings. The molecule has 1 saturated carbocycles. The van der Waals surface area contributed by atoms with E-state index >= 15 is 0 Å². The molecule has 0 bridgehead atoms. The van der Waals surface area contributed by atoms with Crippen LogP contribution in [-0.4, -0.2) is 37.4 Å². The summed E-state index contributed by atoms with van der Waals surface area (Å²) in [5.41, 5.74) is 3.64. The van der Waals surface area contributed by atoms with Crippen LogP contribution in [0.25, 0.3) is 0 Å². The molecule has 1 unspecified atom stereocenters. The SMILES string of the molecule is O=C(NO)C1(S(=O)(=O)c2ccc(Cc3ccccc3)cc2)CCC2(CCNCC2)C1. The van der Waals surface area contributed by atoms with Gasteiger partial charge in [0.1, 0.15) is 0 Å². The molecule has 1 atom stereocenters. The first-order valence-corrected chi connectivity index (χ1v) is 11.9. The fourth-order valence-corrected chi connectivity index (χ4v) is 7.23. The predicted molar refractivity (Wildman–Crippen MR) is 114 cm³/mol. The molecular formula is C23H28N2O4S. The van der Waals surface area contributed by atoms with Crippen molar-refractivity contribution in [2.24, 2.45) is 5.41 Å². The monoisotopic (exact) mass is 428 g/mol. The Kier molecular flexibility index (Phi) is 5.70. The lowest BCUT2D eigenvalue weighted by atomic mass is 9.77. The normalized spacial score (nSPS) is 23.4. The minimum Gasteiger partial charge on any atom is -0.317 e. The van der Waals surface area contributed by atoms with Gasteiger partial charge in [0, 0.05) is 0 Å². The van der Waals surface area contributed by atoms with E-state index < -0.39 is 20.5 Å². The molecule has 2 aromatic carbocycles. The first-order chi connectivity index (χ1) is 14.4.